The lowest BCUT2D eigenvalue weighted by Gasteiger charge is -2.20. The van der Waals surface area contributed by atoms with Gasteiger partial charge in [-0.15, -0.1) is 0 Å². The fourth-order valence-corrected chi connectivity index (χ4v) is 1.63. The van der Waals surface area contributed by atoms with Crippen LogP contribution in [0.1, 0.15) is 12.1 Å². The van der Waals surface area contributed by atoms with Gasteiger partial charge in [-0.1, -0.05) is 12.1 Å². The van der Waals surface area contributed by atoms with E-state index in [1.165, 1.54) is 0 Å². The number of hydrogen-bond donors (Lipinski definition) is 0. The van der Waals surface area contributed by atoms with Crippen LogP contribution in [0.3, 0.4) is 0 Å². The van der Waals surface area contributed by atoms with Crippen LogP contribution in [0.2, 0.25) is 0 Å². The van der Waals surface area contributed by atoms with Gasteiger partial charge >= 0.3 is 0 Å². The third-order valence-corrected chi connectivity index (χ3v) is 2.44. The molecule has 0 fully saturated rings. The average molecular weight is 218 g/mol. The van der Waals surface area contributed by atoms with Crippen molar-refractivity contribution in [1.29, 1.82) is 0 Å². The molecule has 0 bridgehead atoms. The van der Waals surface area contributed by atoms with E-state index in [0.29, 0.717) is 12.3 Å². The summed E-state index contributed by atoms with van der Waals surface area (Å²) in [5, 5.41) is 0. The molecule has 1 aromatic heterocycles. The number of methoxy groups -OCH3 is 2. The van der Waals surface area contributed by atoms with Gasteiger partial charge < -0.3 is 9.47 Å². The first-order valence-electron chi connectivity index (χ1n) is 5.10. The summed E-state index contributed by atoms with van der Waals surface area (Å²) in [6.07, 6.45) is 4.17. The van der Waals surface area contributed by atoms with Gasteiger partial charge in [-0.05, 0) is 12.1 Å². The molecule has 16 heavy (non-hydrogen) atoms. The highest BCUT2D eigenvalue weighted by molar-refractivity contribution is 5.84. The summed E-state index contributed by atoms with van der Waals surface area (Å²) in [5.41, 5.74) is 1.89. The zero-order valence-corrected chi connectivity index (χ0v) is 9.38. The molecule has 0 spiro atoms. The van der Waals surface area contributed by atoms with Crippen LogP contribution < -0.4 is 0 Å². The van der Waals surface area contributed by atoms with Crippen LogP contribution in [0.15, 0.2) is 35.5 Å². The van der Waals surface area contributed by atoms with E-state index in [0.717, 1.165) is 11.3 Å². The number of dihydropyridines is 1. The monoisotopic (exact) mass is 218 g/mol. The van der Waals surface area contributed by atoms with Crippen LogP contribution in [0.5, 0.6) is 0 Å². The van der Waals surface area contributed by atoms with Gasteiger partial charge in [0.05, 0.1) is 12.8 Å². The lowest BCUT2D eigenvalue weighted by molar-refractivity contribution is 0.151. The first-order valence-corrected chi connectivity index (χ1v) is 5.10. The Kier molecular flexibility index (Phi) is 3.31. The molecule has 0 radical (unpaired) electrons. The average Bonchev–Trinajstić information content (AvgIpc) is 2.39. The third-order valence-electron chi connectivity index (χ3n) is 2.44. The highest BCUT2D eigenvalue weighted by Gasteiger charge is 2.20. The SMILES string of the molecule is COC1=NC(OC)C(c2ccccn2)=CC1. The van der Waals surface area contributed by atoms with Gasteiger partial charge in [-0.2, -0.15) is 0 Å². The number of aromatic nitrogens is 1. The van der Waals surface area contributed by atoms with Crippen molar-refractivity contribution in [3.63, 3.8) is 0 Å². The lowest BCUT2D eigenvalue weighted by atomic mass is 10.1. The number of rotatable bonds is 2. The Morgan fingerprint density at radius 3 is 2.81 bits per heavy atom. The van der Waals surface area contributed by atoms with Crippen molar-refractivity contribution in [2.75, 3.05) is 14.2 Å². The van der Waals surface area contributed by atoms with Crippen LogP contribution in [0.25, 0.3) is 5.57 Å². The van der Waals surface area contributed by atoms with Crippen molar-refractivity contribution in [3.8, 4) is 0 Å². The topological polar surface area (TPSA) is 43.7 Å². The third kappa shape index (κ3) is 2.12. The Balaban J connectivity index is 2.27. The highest BCUT2D eigenvalue weighted by Crippen LogP contribution is 2.24. The van der Waals surface area contributed by atoms with Gasteiger partial charge in [0.1, 0.15) is 0 Å². The van der Waals surface area contributed by atoms with E-state index in [1.807, 2.05) is 24.3 Å². The Labute approximate surface area is 94.6 Å². The van der Waals surface area contributed by atoms with E-state index in [9.17, 15) is 0 Å². The molecule has 4 nitrogen and oxygen atoms in total. The lowest BCUT2D eigenvalue weighted by Crippen LogP contribution is -2.19. The van der Waals surface area contributed by atoms with Gasteiger partial charge in [0.25, 0.3) is 0 Å². The molecule has 0 saturated carbocycles. The van der Waals surface area contributed by atoms with Crippen molar-refractivity contribution in [1.82, 2.24) is 4.98 Å². The van der Waals surface area contributed by atoms with Crippen molar-refractivity contribution in [3.05, 3.63) is 36.2 Å². The standard InChI is InChI=1S/C12H14N2O2/c1-15-11-7-6-9(12(14-11)16-2)10-5-3-4-8-13-10/h3-6,8,12H,7H2,1-2H3. The normalized spacial score (nSPS) is 20.0. The molecule has 1 aliphatic heterocycles. The zero-order valence-electron chi connectivity index (χ0n) is 9.38. The molecule has 2 rings (SSSR count). The van der Waals surface area contributed by atoms with Gasteiger partial charge in [0.2, 0.25) is 0 Å². The van der Waals surface area contributed by atoms with Gasteiger partial charge in [-0.3, -0.25) is 4.98 Å². The molecule has 4 heteroatoms. The molecule has 0 aliphatic carbocycles. The summed E-state index contributed by atoms with van der Waals surface area (Å²) in [4.78, 5) is 8.63. The summed E-state index contributed by atoms with van der Waals surface area (Å²) in [5.74, 6) is 0.687. The summed E-state index contributed by atoms with van der Waals surface area (Å²) in [6.45, 7) is 0. The predicted molar refractivity (Wildman–Crippen MR) is 62.1 cm³/mol. The molecule has 0 amide bonds. The second kappa shape index (κ2) is 4.90. The van der Waals surface area contributed by atoms with Crippen LogP contribution in [-0.2, 0) is 9.47 Å². The van der Waals surface area contributed by atoms with Gasteiger partial charge in [0, 0.05) is 25.3 Å². The maximum atomic E-state index is 5.31. The van der Waals surface area contributed by atoms with Crippen LogP contribution in [0.4, 0.5) is 0 Å². The fourth-order valence-electron chi connectivity index (χ4n) is 1.63. The molecular formula is C12H14N2O2. The largest absolute Gasteiger partial charge is 0.484 e. The Hall–Kier alpha value is -1.68. The number of hydrogen-bond acceptors (Lipinski definition) is 4. The number of nitrogens with zero attached hydrogens (tertiary/aromatic N) is 2. The van der Waals surface area contributed by atoms with Crippen molar-refractivity contribution >= 4 is 11.5 Å². The molecular weight excluding hydrogens is 204 g/mol. The predicted octanol–water partition coefficient (Wildman–Crippen LogP) is 1.89. The van der Waals surface area contributed by atoms with Gasteiger partial charge in [-0.25, -0.2) is 4.99 Å². The molecule has 0 N–H and O–H groups in total. The molecule has 1 aromatic rings. The first-order chi connectivity index (χ1) is 7.85. The van der Waals surface area contributed by atoms with E-state index in [4.69, 9.17) is 9.47 Å². The summed E-state index contributed by atoms with van der Waals surface area (Å²) >= 11 is 0. The van der Waals surface area contributed by atoms with Crippen LogP contribution >= 0.6 is 0 Å². The zero-order chi connectivity index (χ0) is 11.4. The van der Waals surface area contributed by atoms with E-state index in [2.05, 4.69) is 9.98 Å². The molecule has 1 aliphatic rings. The van der Waals surface area contributed by atoms with E-state index in [-0.39, 0.29) is 6.23 Å². The van der Waals surface area contributed by atoms with Gasteiger partial charge in [0.15, 0.2) is 12.1 Å². The van der Waals surface area contributed by atoms with Crippen LogP contribution in [-0.4, -0.2) is 31.3 Å². The van der Waals surface area contributed by atoms with E-state index >= 15 is 0 Å². The maximum Gasteiger partial charge on any atom is 0.189 e. The van der Waals surface area contributed by atoms with E-state index < -0.39 is 0 Å². The highest BCUT2D eigenvalue weighted by atomic mass is 16.5. The van der Waals surface area contributed by atoms with Crippen molar-refractivity contribution in [2.45, 2.75) is 12.6 Å². The number of pyridine rings is 1. The molecule has 2 heterocycles. The fraction of sp³-hybridized carbons (Fsp3) is 0.333. The molecule has 84 valence electrons. The summed E-state index contributed by atoms with van der Waals surface area (Å²) in [6, 6.07) is 5.79. The number of aliphatic imine (C=N–C) groups is 1. The molecule has 1 unspecified atom stereocenters. The number of ether oxygens (including phenoxy) is 2. The Morgan fingerprint density at radius 2 is 2.19 bits per heavy atom. The second-order valence-corrected chi connectivity index (χ2v) is 3.39. The summed E-state index contributed by atoms with van der Waals surface area (Å²) in [7, 11) is 3.24. The Morgan fingerprint density at radius 1 is 1.31 bits per heavy atom. The second-order valence-electron chi connectivity index (χ2n) is 3.39. The minimum atomic E-state index is -0.321. The van der Waals surface area contributed by atoms with Crippen molar-refractivity contribution < 1.29 is 9.47 Å². The molecule has 0 aromatic carbocycles. The van der Waals surface area contributed by atoms with Crippen LogP contribution in [0, 0.1) is 0 Å². The minimum Gasteiger partial charge on any atom is -0.484 e. The van der Waals surface area contributed by atoms with E-state index in [1.54, 1.807) is 20.4 Å². The quantitative estimate of drug-likeness (QED) is 0.761. The molecule has 0 saturated heterocycles. The summed E-state index contributed by atoms with van der Waals surface area (Å²) < 4.78 is 10.4. The van der Waals surface area contributed by atoms with Crippen molar-refractivity contribution in [2.24, 2.45) is 4.99 Å². The smallest absolute Gasteiger partial charge is 0.189 e. The first kappa shape index (κ1) is 10.8. The minimum absolute atomic E-state index is 0.321. The Bertz CT molecular complexity index is 412. The maximum absolute atomic E-state index is 5.31. The molecule has 1 atom stereocenters.